The highest BCUT2D eigenvalue weighted by Gasteiger charge is 2.40. The van der Waals surface area contributed by atoms with Crippen LogP contribution in [-0.2, 0) is 26.8 Å². The fourth-order valence-electron chi connectivity index (χ4n) is 4.25. The molecule has 172 valence electrons. The van der Waals surface area contributed by atoms with Gasteiger partial charge >= 0.3 is 6.18 Å². The van der Waals surface area contributed by atoms with Gasteiger partial charge in [-0.15, -0.1) is 10.2 Å². The number of halogens is 3. The molecule has 0 aliphatic carbocycles. The lowest BCUT2D eigenvalue weighted by Gasteiger charge is -2.18. The minimum absolute atomic E-state index is 0.123. The van der Waals surface area contributed by atoms with Crippen LogP contribution in [0.3, 0.4) is 0 Å². The van der Waals surface area contributed by atoms with Crippen LogP contribution in [-0.4, -0.2) is 36.7 Å². The first kappa shape index (κ1) is 21.6. The van der Waals surface area contributed by atoms with E-state index in [1.807, 2.05) is 6.07 Å². The highest BCUT2D eigenvalue weighted by atomic mass is 19.4. The molecule has 2 aromatic carbocycles. The Kier molecular flexibility index (Phi) is 4.85. The zero-order valence-corrected chi connectivity index (χ0v) is 18.0. The lowest BCUT2D eigenvalue weighted by molar-refractivity contribution is -0.138. The molecule has 0 radical (unpaired) electrons. The number of fused-ring (bicyclic) bond motifs is 1. The number of carbonyl (C=O) groups excluding carboxylic acids is 2. The van der Waals surface area contributed by atoms with Gasteiger partial charge in [-0.1, -0.05) is 12.1 Å². The summed E-state index contributed by atoms with van der Waals surface area (Å²) >= 11 is 0. The van der Waals surface area contributed by atoms with Gasteiger partial charge in [0.1, 0.15) is 12.6 Å². The van der Waals surface area contributed by atoms with Crippen molar-refractivity contribution in [2.75, 3.05) is 4.90 Å². The van der Waals surface area contributed by atoms with E-state index in [1.54, 1.807) is 54.1 Å². The van der Waals surface area contributed by atoms with Gasteiger partial charge in [-0.3, -0.25) is 14.3 Å². The third-order valence-electron chi connectivity index (χ3n) is 5.83. The number of carbonyl (C=O) groups is 2. The second-order valence-electron chi connectivity index (χ2n) is 7.95. The molecule has 1 amide bonds. The molecular weight excluding hydrogens is 449 g/mol. The van der Waals surface area contributed by atoms with Crippen molar-refractivity contribution in [2.45, 2.75) is 12.7 Å². The van der Waals surface area contributed by atoms with Gasteiger partial charge in [0.05, 0.1) is 29.6 Å². The van der Waals surface area contributed by atoms with Crippen LogP contribution in [0.1, 0.15) is 31.8 Å². The quantitative estimate of drug-likeness (QED) is 0.426. The molecule has 5 rings (SSSR count). The highest BCUT2D eigenvalue weighted by molar-refractivity contribution is 6.11. The summed E-state index contributed by atoms with van der Waals surface area (Å²) in [5, 5.41) is 12.4. The van der Waals surface area contributed by atoms with E-state index in [1.165, 1.54) is 11.0 Å². The van der Waals surface area contributed by atoms with Crippen molar-refractivity contribution in [2.24, 2.45) is 14.1 Å². The van der Waals surface area contributed by atoms with E-state index < -0.39 is 17.6 Å². The van der Waals surface area contributed by atoms with E-state index >= 15 is 0 Å². The molecule has 1 aliphatic rings. The Hall–Kier alpha value is -4.28. The Balaban J connectivity index is 1.58. The van der Waals surface area contributed by atoms with E-state index in [0.717, 1.165) is 6.07 Å². The lowest BCUT2D eigenvalue weighted by atomic mass is 9.99. The van der Waals surface area contributed by atoms with Crippen LogP contribution in [0.25, 0.3) is 22.6 Å². The summed E-state index contributed by atoms with van der Waals surface area (Å²) in [6.07, 6.45) is -1.17. The summed E-state index contributed by atoms with van der Waals surface area (Å²) in [5.41, 5.74) is 1.10. The molecule has 0 atom stereocenters. The van der Waals surface area contributed by atoms with Gasteiger partial charge in [0.15, 0.2) is 5.82 Å². The number of hydrogen-bond donors (Lipinski definition) is 0. The topological polar surface area (TPSA) is 85.9 Å². The number of aldehydes is 1. The maximum Gasteiger partial charge on any atom is 0.416 e. The fraction of sp³-hybridized carbons (Fsp3) is 0.174. The third-order valence-corrected chi connectivity index (χ3v) is 5.83. The Morgan fingerprint density at radius 3 is 2.56 bits per heavy atom. The van der Waals surface area contributed by atoms with Crippen molar-refractivity contribution >= 4 is 17.9 Å². The summed E-state index contributed by atoms with van der Waals surface area (Å²) in [6, 6.07) is 8.89. The number of anilines is 1. The number of benzene rings is 2. The Morgan fingerprint density at radius 2 is 1.88 bits per heavy atom. The fourth-order valence-corrected chi connectivity index (χ4v) is 4.25. The molecule has 2 aromatic heterocycles. The normalized spacial score (nSPS) is 13.4. The molecule has 34 heavy (non-hydrogen) atoms. The number of rotatable bonds is 4. The number of hydrogen-bond acceptors (Lipinski definition) is 5. The molecule has 0 saturated carbocycles. The monoisotopic (exact) mass is 466 g/mol. The SMILES string of the molecule is Cn1cnnc1-c1cnn(C)c1-c1cccc(N2Cc3c(cc(C=O)cc3C(F)(F)F)C2=O)c1. The predicted molar refractivity (Wildman–Crippen MR) is 116 cm³/mol. The third kappa shape index (κ3) is 3.36. The molecule has 0 spiro atoms. The van der Waals surface area contributed by atoms with Crippen molar-refractivity contribution in [3.05, 3.63) is 71.2 Å². The average Bonchev–Trinajstić information content (AvgIpc) is 3.49. The zero-order valence-electron chi connectivity index (χ0n) is 18.0. The Morgan fingerprint density at radius 1 is 1.09 bits per heavy atom. The first-order valence-electron chi connectivity index (χ1n) is 10.2. The van der Waals surface area contributed by atoms with Crippen LogP contribution in [0.4, 0.5) is 18.9 Å². The van der Waals surface area contributed by atoms with Gasteiger partial charge in [-0.2, -0.15) is 18.3 Å². The van der Waals surface area contributed by atoms with Gasteiger partial charge in [0, 0.05) is 36.5 Å². The highest BCUT2D eigenvalue weighted by Crippen LogP contribution is 2.40. The maximum atomic E-state index is 13.7. The summed E-state index contributed by atoms with van der Waals surface area (Å²) < 4.78 is 44.4. The first-order valence-corrected chi connectivity index (χ1v) is 10.2. The van der Waals surface area contributed by atoms with Crippen molar-refractivity contribution in [3.8, 4) is 22.6 Å². The molecule has 11 heteroatoms. The summed E-state index contributed by atoms with van der Waals surface area (Å²) in [7, 11) is 3.56. The van der Waals surface area contributed by atoms with Crippen molar-refractivity contribution in [3.63, 3.8) is 0 Å². The van der Waals surface area contributed by atoms with E-state index in [0.29, 0.717) is 34.6 Å². The molecule has 0 fully saturated rings. The lowest BCUT2D eigenvalue weighted by Crippen LogP contribution is -2.23. The van der Waals surface area contributed by atoms with Crippen molar-refractivity contribution in [1.82, 2.24) is 24.5 Å². The van der Waals surface area contributed by atoms with Crippen LogP contribution in [0.15, 0.2) is 48.9 Å². The molecule has 1 aliphatic heterocycles. The zero-order chi connectivity index (χ0) is 24.2. The van der Waals surface area contributed by atoms with Gasteiger partial charge in [-0.25, -0.2) is 0 Å². The molecule has 3 heterocycles. The minimum Gasteiger partial charge on any atom is -0.317 e. The standard InChI is InChI=1S/C23H17F3N6O2/c1-30-12-27-29-21(30)17-9-28-31(2)20(17)14-4-3-5-15(8-14)32-10-18-16(22(32)34)6-13(11-33)7-19(18)23(24,25)26/h3-9,11-12H,10H2,1-2H3. The van der Waals surface area contributed by atoms with Gasteiger partial charge < -0.3 is 9.47 Å². The van der Waals surface area contributed by atoms with Gasteiger partial charge in [0.25, 0.3) is 5.91 Å². The van der Waals surface area contributed by atoms with Crippen LogP contribution >= 0.6 is 0 Å². The number of nitrogens with zero attached hydrogens (tertiary/aromatic N) is 6. The van der Waals surface area contributed by atoms with Crippen LogP contribution in [0.2, 0.25) is 0 Å². The average molecular weight is 466 g/mol. The maximum absolute atomic E-state index is 13.7. The summed E-state index contributed by atoms with van der Waals surface area (Å²) in [6.45, 7) is -0.257. The molecule has 0 N–H and O–H groups in total. The van der Waals surface area contributed by atoms with Crippen LogP contribution in [0.5, 0.6) is 0 Å². The summed E-state index contributed by atoms with van der Waals surface area (Å²) in [4.78, 5) is 25.6. The van der Waals surface area contributed by atoms with Gasteiger partial charge in [-0.05, 0) is 29.8 Å². The van der Waals surface area contributed by atoms with E-state index in [9.17, 15) is 22.8 Å². The van der Waals surface area contributed by atoms with E-state index in [2.05, 4.69) is 15.3 Å². The first-order chi connectivity index (χ1) is 16.2. The Bertz CT molecular complexity index is 1450. The molecule has 0 bridgehead atoms. The molecule has 8 nitrogen and oxygen atoms in total. The molecule has 0 saturated heterocycles. The second kappa shape index (κ2) is 7.65. The number of aromatic nitrogens is 5. The van der Waals surface area contributed by atoms with Crippen LogP contribution in [0, 0.1) is 0 Å². The minimum atomic E-state index is -4.69. The smallest absolute Gasteiger partial charge is 0.317 e. The number of amides is 1. The Labute approximate surface area is 191 Å². The number of alkyl halides is 3. The second-order valence-corrected chi connectivity index (χ2v) is 7.95. The van der Waals surface area contributed by atoms with Crippen molar-refractivity contribution in [1.29, 1.82) is 0 Å². The van der Waals surface area contributed by atoms with E-state index in [-0.39, 0.29) is 23.2 Å². The van der Waals surface area contributed by atoms with E-state index in [4.69, 9.17) is 0 Å². The van der Waals surface area contributed by atoms with Crippen LogP contribution < -0.4 is 4.90 Å². The molecular formula is C23H17F3N6O2. The summed E-state index contributed by atoms with van der Waals surface area (Å²) in [5.74, 6) is -0.00532. The largest absolute Gasteiger partial charge is 0.416 e. The van der Waals surface area contributed by atoms with Crippen molar-refractivity contribution < 1.29 is 22.8 Å². The molecule has 4 aromatic rings. The molecule has 0 unspecified atom stereocenters. The number of aryl methyl sites for hydroxylation is 2. The predicted octanol–water partition coefficient (Wildman–Crippen LogP) is 3.87. The van der Waals surface area contributed by atoms with Gasteiger partial charge in [0.2, 0.25) is 0 Å².